The first kappa shape index (κ1) is 17.5. The van der Waals surface area contributed by atoms with Gasteiger partial charge in [0, 0.05) is 40.9 Å². The average Bonchev–Trinajstić information content (AvgIpc) is 3.46. The Morgan fingerprint density at radius 3 is 2.81 bits per heavy atom. The van der Waals surface area contributed by atoms with Crippen LogP contribution in [-0.4, -0.2) is 16.1 Å². The van der Waals surface area contributed by atoms with Gasteiger partial charge < -0.3 is 4.74 Å². The average molecular weight is 414 g/mol. The molecule has 1 aromatic heterocycles. The predicted molar refractivity (Wildman–Crippen MR) is 121 cm³/mol. The number of rotatable bonds is 2. The van der Waals surface area contributed by atoms with Crippen LogP contribution in [0.2, 0.25) is 0 Å². The minimum atomic E-state index is 0.0592. The van der Waals surface area contributed by atoms with Crippen LogP contribution in [0.25, 0.3) is 11.3 Å². The maximum absolute atomic E-state index is 9.10. The summed E-state index contributed by atoms with van der Waals surface area (Å²) in [4.78, 5) is 11.9. The summed E-state index contributed by atoms with van der Waals surface area (Å²) in [5.74, 6) is 1.47. The number of hydrogen-bond donors (Lipinski definition) is 0. The molecule has 1 saturated heterocycles. The third-order valence-electron chi connectivity index (χ3n) is 6.88. The molecule has 5 aliphatic rings. The Morgan fingerprint density at radius 2 is 1.94 bits per heavy atom. The van der Waals surface area contributed by atoms with E-state index in [2.05, 4.69) is 58.5 Å². The maximum atomic E-state index is 9.10. The molecule has 2 aliphatic heterocycles. The SMILES string of the molecule is N#Cc1ccc(-c2ccnc(N3C4=CC5C=COC5C5=C4C4C3=CC=CC4C=C5)n2)cc1. The van der Waals surface area contributed by atoms with Crippen molar-refractivity contribution >= 4 is 5.95 Å². The van der Waals surface area contributed by atoms with Gasteiger partial charge in [-0.1, -0.05) is 36.4 Å². The monoisotopic (exact) mass is 414 g/mol. The Kier molecular flexibility index (Phi) is 3.51. The van der Waals surface area contributed by atoms with Crippen molar-refractivity contribution < 1.29 is 4.74 Å². The van der Waals surface area contributed by atoms with Gasteiger partial charge in [0.25, 0.3) is 0 Å². The van der Waals surface area contributed by atoms with E-state index in [-0.39, 0.29) is 17.9 Å². The molecule has 5 nitrogen and oxygen atoms in total. The molecule has 32 heavy (non-hydrogen) atoms. The lowest BCUT2D eigenvalue weighted by molar-refractivity contribution is 0.181. The van der Waals surface area contributed by atoms with Gasteiger partial charge >= 0.3 is 0 Å². The highest BCUT2D eigenvalue weighted by Crippen LogP contribution is 2.55. The van der Waals surface area contributed by atoms with E-state index in [4.69, 9.17) is 15.0 Å². The maximum Gasteiger partial charge on any atom is 0.234 e. The fraction of sp³-hybridized carbons (Fsp3) is 0.148. The third kappa shape index (κ3) is 2.32. The van der Waals surface area contributed by atoms with Gasteiger partial charge in [0.1, 0.15) is 6.10 Å². The fourth-order valence-corrected chi connectivity index (χ4v) is 5.46. The molecule has 2 aromatic rings. The number of fused-ring (bicyclic) bond motifs is 2. The Hall–Kier alpha value is -4.17. The molecule has 1 aromatic carbocycles. The summed E-state index contributed by atoms with van der Waals surface area (Å²) in [5.41, 5.74) is 7.42. The predicted octanol–water partition coefficient (Wildman–Crippen LogP) is 4.81. The van der Waals surface area contributed by atoms with E-state index >= 15 is 0 Å². The van der Waals surface area contributed by atoms with Gasteiger partial charge in [-0.05, 0) is 47.6 Å². The van der Waals surface area contributed by atoms with Gasteiger partial charge in [-0.25, -0.2) is 9.97 Å². The highest BCUT2D eigenvalue weighted by Gasteiger charge is 2.49. The van der Waals surface area contributed by atoms with Crippen molar-refractivity contribution in [3.63, 3.8) is 0 Å². The highest BCUT2D eigenvalue weighted by molar-refractivity contribution is 5.73. The van der Waals surface area contributed by atoms with Crippen molar-refractivity contribution in [1.82, 2.24) is 9.97 Å². The Bertz CT molecular complexity index is 1380. The molecular weight excluding hydrogens is 396 g/mol. The van der Waals surface area contributed by atoms with Crippen molar-refractivity contribution in [2.75, 3.05) is 4.90 Å². The molecule has 0 saturated carbocycles. The molecule has 5 heteroatoms. The molecule has 7 rings (SSSR count). The number of benzene rings is 1. The van der Waals surface area contributed by atoms with E-state index < -0.39 is 0 Å². The summed E-state index contributed by atoms with van der Waals surface area (Å²) in [6.07, 6.45) is 19.3. The molecule has 152 valence electrons. The van der Waals surface area contributed by atoms with E-state index in [1.165, 1.54) is 22.5 Å². The zero-order valence-corrected chi connectivity index (χ0v) is 17.1. The van der Waals surface area contributed by atoms with E-state index in [9.17, 15) is 0 Å². The Labute approximate surface area is 185 Å². The number of ether oxygens (including phenoxy) is 1. The van der Waals surface area contributed by atoms with Gasteiger partial charge in [0.15, 0.2) is 0 Å². The van der Waals surface area contributed by atoms with Gasteiger partial charge in [-0.15, -0.1) is 0 Å². The van der Waals surface area contributed by atoms with Crippen LogP contribution in [0.5, 0.6) is 0 Å². The van der Waals surface area contributed by atoms with Gasteiger partial charge in [0.2, 0.25) is 5.95 Å². The number of hydrogen-bond acceptors (Lipinski definition) is 5. The molecule has 0 radical (unpaired) electrons. The molecular formula is C27H18N4O. The van der Waals surface area contributed by atoms with Crippen LogP contribution in [0.15, 0.2) is 108 Å². The van der Waals surface area contributed by atoms with Crippen molar-refractivity contribution in [2.45, 2.75) is 6.10 Å². The first-order valence-corrected chi connectivity index (χ1v) is 10.8. The Balaban J connectivity index is 1.38. The van der Waals surface area contributed by atoms with Crippen LogP contribution >= 0.6 is 0 Å². The van der Waals surface area contributed by atoms with Gasteiger partial charge in [-0.2, -0.15) is 5.26 Å². The fourth-order valence-electron chi connectivity index (χ4n) is 5.46. The topological polar surface area (TPSA) is 62.0 Å². The molecule has 1 fully saturated rings. The lowest BCUT2D eigenvalue weighted by atomic mass is 9.72. The van der Waals surface area contributed by atoms with Crippen LogP contribution in [0, 0.1) is 29.1 Å². The number of nitriles is 1. The first-order chi connectivity index (χ1) is 15.8. The largest absolute Gasteiger partial charge is 0.493 e. The van der Waals surface area contributed by atoms with Crippen LogP contribution in [0.3, 0.4) is 0 Å². The molecule has 3 aliphatic carbocycles. The molecule has 0 bridgehead atoms. The lowest BCUT2D eigenvalue weighted by Crippen LogP contribution is -2.28. The van der Waals surface area contributed by atoms with Crippen molar-refractivity contribution in [3.05, 3.63) is 113 Å². The zero-order chi connectivity index (χ0) is 21.2. The molecule has 0 spiro atoms. The number of allylic oxidation sites excluding steroid dienone is 6. The number of aromatic nitrogens is 2. The summed E-state index contributed by atoms with van der Waals surface area (Å²) in [7, 11) is 0. The molecule has 0 N–H and O–H groups in total. The quantitative estimate of drug-likeness (QED) is 0.705. The molecule has 3 heterocycles. The van der Waals surface area contributed by atoms with Crippen LogP contribution in [0.1, 0.15) is 5.56 Å². The summed E-state index contributed by atoms with van der Waals surface area (Å²) in [5, 5.41) is 9.10. The van der Waals surface area contributed by atoms with E-state index in [1.54, 1.807) is 0 Å². The normalized spacial score (nSPS) is 28.0. The van der Waals surface area contributed by atoms with Crippen molar-refractivity contribution in [2.24, 2.45) is 17.8 Å². The van der Waals surface area contributed by atoms with E-state index in [0.29, 0.717) is 17.4 Å². The second kappa shape index (κ2) is 6.41. The van der Waals surface area contributed by atoms with E-state index in [0.717, 1.165) is 11.3 Å². The van der Waals surface area contributed by atoms with Crippen molar-refractivity contribution in [1.29, 1.82) is 5.26 Å². The van der Waals surface area contributed by atoms with Crippen LogP contribution < -0.4 is 4.90 Å². The summed E-state index contributed by atoms with van der Waals surface area (Å²) < 4.78 is 5.97. The third-order valence-corrected chi connectivity index (χ3v) is 6.88. The zero-order valence-electron chi connectivity index (χ0n) is 17.1. The lowest BCUT2D eigenvalue weighted by Gasteiger charge is -2.32. The smallest absolute Gasteiger partial charge is 0.234 e. The van der Waals surface area contributed by atoms with Crippen LogP contribution in [-0.2, 0) is 4.74 Å². The number of nitrogens with zero attached hydrogens (tertiary/aromatic N) is 4. The minimum absolute atomic E-state index is 0.0592. The number of anilines is 1. The van der Waals surface area contributed by atoms with Crippen molar-refractivity contribution in [3.8, 4) is 17.3 Å². The highest BCUT2D eigenvalue weighted by atomic mass is 16.5. The van der Waals surface area contributed by atoms with Gasteiger partial charge in [0.05, 0.1) is 23.6 Å². The van der Waals surface area contributed by atoms with Crippen LogP contribution in [0.4, 0.5) is 5.95 Å². The molecule has 4 unspecified atom stereocenters. The summed E-state index contributed by atoms with van der Waals surface area (Å²) in [6.45, 7) is 0. The second-order valence-corrected chi connectivity index (χ2v) is 8.54. The summed E-state index contributed by atoms with van der Waals surface area (Å²) >= 11 is 0. The Morgan fingerprint density at radius 1 is 1.03 bits per heavy atom. The molecule has 0 amide bonds. The molecule has 4 atom stereocenters. The van der Waals surface area contributed by atoms with Gasteiger partial charge in [-0.3, -0.25) is 4.90 Å². The minimum Gasteiger partial charge on any atom is -0.493 e. The first-order valence-electron chi connectivity index (χ1n) is 10.8. The standard InChI is InChI=1S/C27H18N4O/c28-15-16-4-6-17(7-5-16)21-10-12-29-27(30-21)31-22-3-1-2-18-8-9-20-25(24(18)22)23(31)14-19-11-13-32-26(19)20/h1-14,18-19,24,26H. The second-order valence-electron chi connectivity index (χ2n) is 8.54. The van der Waals surface area contributed by atoms with E-state index in [1.807, 2.05) is 42.8 Å². The summed E-state index contributed by atoms with van der Waals surface area (Å²) in [6, 6.07) is 11.6.